The van der Waals surface area contributed by atoms with E-state index in [1.165, 1.54) is 20.5 Å². The Balaban J connectivity index is 0.000000214. The van der Waals surface area contributed by atoms with E-state index in [-0.39, 0.29) is 35.1 Å². The maximum atomic E-state index is 12.1. The second-order valence-corrected chi connectivity index (χ2v) is 15.9. The molecular weight excluding hydrogens is 848 g/mol. The number of ether oxygens (including phenoxy) is 2. The summed E-state index contributed by atoms with van der Waals surface area (Å²) in [5.74, 6) is 0.0614. The average Bonchev–Trinajstić information content (AvgIpc) is 3.18. The molecule has 2 aromatic heterocycles. The van der Waals surface area contributed by atoms with Crippen LogP contribution in [0.15, 0.2) is 79.5 Å². The minimum atomic E-state index is -0.294. The number of nitrogens with one attached hydrogen (secondary N) is 2. The van der Waals surface area contributed by atoms with Crippen molar-refractivity contribution in [2.24, 2.45) is 14.1 Å². The van der Waals surface area contributed by atoms with Crippen molar-refractivity contribution in [1.82, 2.24) is 29.4 Å². The molecule has 56 heavy (non-hydrogen) atoms. The maximum Gasteiger partial charge on any atom is 0.338 e. The number of nitrogens with zero attached hydrogens (tertiary/aromatic N) is 6. The van der Waals surface area contributed by atoms with Gasteiger partial charge in [0.05, 0.1) is 48.1 Å². The van der Waals surface area contributed by atoms with E-state index in [2.05, 4.69) is 76.6 Å². The van der Waals surface area contributed by atoms with Crippen molar-refractivity contribution in [3.05, 3.63) is 113 Å². The van der Waals surface area contributed by atoms with E-state index < -0.39 is 0 Å². The summed E-state index contributed by atoms with van der Waals surface area (Å²) in [6.45, 7) is 7.96. The number of piperidine rings is 2. The molecule has 0 bridgehead atoms. The van der Waals surface area contributed by atoms with Crippen molar-refractivity contribution in [3.63, 3.8) is 0 Å². The second kappa shape index (κ2) is 19.7. The molecule has 6 rings (SSSR count). The third-order valence-corrected chi connectivity index (χ3v) is 11.5. The van der Waals surface area contributed by atoms with Gasteiger partial charge in [0.15, 0.2) is 0 Å². The number of anilines is 2. The number of hydrogen-bond acceptors (Lipinski definition) is 12. The molecule has 0 radical (unpaired) electrons. The van der Waals surface area contributed by atoms with Gasteiger partial charge in [-0.2, -0.15) is 10.2 Å². The monoisotopic (exact) mass is 896 g/mol. The van der Waals surface area contributed by atoms with Gasteiger partial charge < -0.3 is 29.9 Å². The maximum absolute atomic E-state index is 12.1. The van der Waals surface area contributed by atoms with Crippen molar-refractivity contribution in [3.8, 4) is 0 Å². The van der Waals surface area contributed by atoms with E-state index >= 15 is 0 Å². The fourth-order valence-electron chi connectivity index (χ4n) is 7.21. The van der Waals surface area contributed by atoms with Gasteiger partial charge in [-0.15, -0.1) is 0 Å². The number of likely N-dealkylation sites (N-methyl/N-ethyl adjacent to an activating group) is 2. The fraction of sp³-hybridized carbons (Fsp3) is 0.450. The molecule has 0 aliphatic carbocycles. The van der Waals surface area contributed by atoms with Crippen molar-refractivity contribution in [2.45, 2.75) is 50.6 Å². The molecule has 4 atom stereocenters. The number of carbonyl (C=O) groups excluding carboxylic acids is 2. The highest BCUT2D eigenvalue weighted by molar-refractivity contribution is 9.11. The van der Waals surface area contributed by atoms with E-state index in [0.717, 1.165) is 39.0 Å². The summed E-state index contributed by atoms with van der Waals surface area (Å²) in [5, 5.41) is 15.1. The Morgan fingerprint density at radius 1 is 0.643 bits per heavy atom. The summed E-state index contributed by atoms with van der Waals surface area (Å²) in [7, 11) is 7.43. The van der Waals surface area contributed by atoms with Gasteiger partial charge in [0.1, 0.15) is 8.95 Å². The Morgan fingerprint density at radius 2 is 1.00 bits per heavy atom. The topological polar surface area (TPSA) is 153 Å². The van der Waals surface area contributed by atoms with Crippen LogP contribution in [-0.2, 0) is 23.6 Å². The van der Waals surface area contributed by atoms with Gasteiger partial charge in [0.25, 0.3) is 11.1 Å². The Hall–Kier alpha value is -4.38. The molecule has 4 heterocycles. The standard InChI is InChI=1S/2C20H25BrN4O3/c2*1-4-28-20(27)14-7-5-13(6-8-14)15-9-16(12-24(2)11-15)23-17-10-22-25(3)19(26)18(17)21/h2*5-8,10,15-16,23H,4,9,11-12H2,1-3H3. The van der Waals surface area contributed by atoms with Crippen LogP contribution in [0.1, 0.15) is 70.4 Å². The lowest BCUT2D eigenvalue weighted by Gasteiger charge is -2.37. The predicted octanol–water partition coefficient (Wildman–Crippen LogP) is 5.24. The first-order valence-electron chi connectivity index (χ1n) is 18.7. The summed E-state index contributed by atoms with van der Waals surface area (Å²) < 4.78 is 13.7. The van der Waals surface area contributed by atoms with E-state index in [4.69, 9.17) is 9.47 Å². The van der Waals surface area contributed by atoms with Gasteiger partial charge >= 0.3 is 11.9 Å². The predicted molar refractivity (Wildman–Crippen MR) is 224 cm³/mol. The summed E-state index contributed by atoms with van der Waals surface area (Å²) in [6, 6.07) is 15.7. The van der Waals surface area contributed by atoms with Gasteiger partial charge in [0, 0.05) is 52.4 Å². The van der Waals surface area contributed by atoms with E-state index in [1.807, 2.05) is 48.5 Å². The highest BCUT2D eigenvalue weighted by Crippen LogP contribution is 2.31. The number of rotatable bonds is 10. The van der Waals surface area contributed by atoms with Crippen molar-refractivity contribution in [1.29, 1.82) is 0 Å². The molecule has 2 fully saturated rings. The molecule has 300 valence electrons. The van der Waals surface area contributed by atoms with Crippen LogP contribution in [0.4, 0.5) is 11.4 Å². The number of halogens is 2. The van der Waals surface area contributed by atoms with Crippen LogP contribution in [0.5, 0.6) is 0 Å². The molecule has 2 aliphatic rings. The normalized spacial score (nSPS) is 20.0. The fourth-order valence-corrected chi connectivity index (χ4v) is 8.15. The quantitative estimate of drug-likeness (QED) is 0.201. The smallest absolute Gasteiger partial charge is 0.338 e. The molecule has 2 N–H and O–H groups in total. The molecule has 2 aromatic carbocycles. The molecule has 2 saturated heterocycles. The van der Waals surface area contributed by atoms with Gasteiger partial charge in [0.2, 0.25) is 0 Å². The number of benzene rings is 2. The molecule has 2 aliphatic heterocycles. The second-order valence-electron chi connectivity index (χ2n) is 14.3. The highest BCUT2D eigenvalue weighted by atomic mass is 79.9. The van der Waals surface area contributed by atoms with Gasteiger partial charge in [-0.3, -0.25) is 9.59 Å². The minimum absolute atomic E-state index is 0.166. The number of aromatic nitrogens is 4. The zero-order valence-corrected chi connectivity index (χ0v) is 35.8. The van der Waals surface area contributed by atoms with Crippen LogP contribution >= 0.6 is 31.9 Å². The minimum Gasteiger partial charge on any atom is -0.462 e. The van der Waals surface area contributed by atoms with Gasteiger partial charge in [-0.25, -0.2) is 19.0 Å². The lowest BCUT2D eigenvalue weighted by atomic mass is 9.88. The van der Waals surface area contributed by atoms with E-state index in [1.54, 1.807) is 40.3 Å². The first-order valence-corrected chi connectivity index (χ1v) is 20.2. The highest BCUT2D eigenvalue weighted by Gasteiger charge is 2.29. The Labute approximate surface area is 343 Å². The molecule has 0 spiro atoms. The summed E-state index contributed by atoms with van der Waals surface area (Å²) in [6.07, 6.45) is 5.18. The third-order valence-electron chi connectivity index (χ3n) is 9.93. The zero-order valence-electron chi connectivity index (χ0n) is 32.6. The van der Waals surface area contributed by atoms with Gasteiger partial charge in [-0.1, -0.05) is 24.3 Å². The average molecular weight is 899 g/mol. The number of esters is 2. The van der Waals surface area contributed by atoms with Crippen molar-refractivity contribution < 1.29 is 19.1 Å². The van der Waals surface area contributed by atoms with Crippen LogP contribution in [0, 0.1) is 0 Å². The first-order chi connectivity index (χ1) is 26.8. The van der Waals surface area contributed by atoms with E-state index in [9.17, 15) is 19.2 Å². The SMILES string of the molecule is CCOC(=O)c1ccc(C2CC(Nc3cnn(C)c(=O)c3Br)CN(C)C2)cc1.CCOC(=O)c1ccc(C2CC(Nc3cnn(C)c(=O)c3Br)CN(C)C2)cc1. The van der Waals surface area contributed by atoms with Gasteiger partial charge in [-0.05, 0) is 120 Å². The van der Waals surface area contributed by atoms with Crippen LogP contribution in [0.3, 0.4) is 0 Å². The van der Waals surface area contributed by atoms with E-state index in [0.29, 0.717) is 56.5 Å². The molecule has 16 heteroatoms. The summed E-state index contributed by atoms with van der Waals surface area (Å²) in [5.41, 5.74) is 4.60. The number of carbonyl (C=O) groups is 2. The van der Waals surface area contributed by atoms with Crippen LogP contribution in [0.2, 0.25) is 0 Å². The number of aryl methyl sites for hydroxylation is 2. The molecular formula is C40H50Br2N8O6. The largest absolute Gasteiger partial charge is 0.462 e. The molecule has 0 amide bonds. The van der Waals surface area contributed by atoms with Crippen LogP contribution < -0.4 is 21.8 Å². The Morgan fingerprint density at radius 3 is 1.34 bits per heavy atom. The van der Waals surface area contributed by atoms with Crippen LogP contribution in [0.25, 0.3) is 0 Å². The third kappa shape index (κ3) is 10.9. The summed E-state index contributed by atoms with van der Waals surface area (Å²) in [4.78, 5) is 52.4. The molecule has 14 nitrogen and oxygen atoms in total. The van der Waals surface area contributed by atoms with Crippen LogP contribution in [-0.4, -0.2) is 107 Å². The zero-order chi connectivity index (χ0) is 40.5. The number of hydrogen-bond donors (Lipinski definition) is 2. The molecule has 4 aromatic rings. The van der Waals surface area contributed by atoms with Crippen molar-refractivity contribution >= 4 is 55.2 Å². The Kier molecular flexibility index (Phi) is 15.0. The lowest BCUT2D eigenvalue weighted by Crippen LogP contribution is -2.43. The first kappa shape index (κ1) is 42.8. The molecule has 4 unspecified atom stereocenters. The summed E-state index contributed by atoms with van der Waals surface area (Å²) >= 11 is 6.75. The lowest BCUT2D eigenvalue weighted by molar-refractivity contribution is 0.0516. The van der Waals surface area contributed by atoms with Crippen molar-refractivity contribution in [2.75, 3.05) is 64.1 Å². The Bertz CT molecular complexity index is 1940. The molecule has 0 saturated carbocycles. The number of likely N-dealkylation sites (tertiary alicyclic amines) is 2.